The fourth-order valence-corrected chi connectivity index (χ4v) is 2.10. The Morgan fingerprint density at radius 1 is 1.20 bits per heavy atom. The molecule has 1 fully saturated rings. The Balaban J connectivity index is 2.04. The maximum absolute atomic E-state index is 11.9. The van der Waals surface area contributed by atoms with Crippen molar-refractivity contribution in [1.82, 2.24) is 10.2 Å². The first kappa shape index (κ1) is 17.4. The van der Waals surface area contributed by atoms with Gasteiger partial charge in [-0.15, -0.1) is 0 Å². The number of rotatable bonds is 10. The summed E-state index contributed by atoms with van der Waals surface area (Å²) in [5.74, 6) is 0.201. The highest BCUT2D eigenvalue weighted by Crippen LogP contribution is 2.01. The highest BCUT2D eigenvalue weighted by atomic mass is 16.7. The smallest absolute Gasteiger partial charge is 0.224 e. The molecule has 1 aliphatic rings. The summed E-state index contributed by atoms with van der Waals surface area (Å²) in [6.45, 7) is 9.46. The molecular formula is C14H28N2O4. The van der Waals surface area contributed by atoms with Crippen LogP contribution in [-0.2, 0) is 19.0 Å². The van der Waals surface area contributed by atoms with Gasteiger partial charge in [0.25, 0.3) is 0 Å². The number of carbonyl (C=O) groups is 1. The van der Waals surface area contributed by atoms with Crippen molar-refractivity contribution in [3.8, 4) is 0 Å². The van der Waals surface area contributed by atoms with Crippen LogP contribution in [0, 0.1) is 0 Å². The fraction of sp³-hybridized carbons (Fsp3) is 0.929. The molecule has 0 unspecified atom stereocenters. The molecule has 0 aromatic carbocycles. The van der Waals surface area contributed by atoms with Gasteiger partial charge in [0.2, 0.25) is 5.91 Å². The van der Waals surface area contributed by atoms with Crippen LogP contribution in [0.4, 0.5) is 0 Å². The molecule has 20 heavy (non-hydrogen) atoms. The molecule has 1 N–H and O–H groups in total. The van der Waals surface area contributed by atoms with Crippen molar-refractivity contribution in [3.63, 3.8) is 0 Å². The Morgan fingerprint density at radius 2 is 1.85 bits per heavy atom. The van der Waals surface area contributed by atoms with E-state index in [4.69, 9.17) is 14.2 Å². The van der Waals surface area contributed by atoms with Crippen LogP contribution in [-0.4, -0.2) is 69.7 Å². The van der Waals surface area contributed by atoms with Crippen LogP contribution in [0.2, 0.25) is 0 Å². The molecule has 1 aliphatic heterocycles. The van der Waals surface area contributed by atoms with E-state index < -0.39 is 0 Å². The van der Waals surface area contributed by atoms with E-state index in [1.54, 1.807) is 0 Å². The molecule has 0 bridgehead atoms. The molecule has 1 amide bonds. The van der Waals surface area contributed by atoms with E-state index in [0.29, 0.717) is 39.4 Å². The van der Waals surface area contributed by atoms with Crippen molar-refractivity contribution in [2.24, 2.45) is 0 Å². The molecule has 1 heterocycles. The van der Waals surface area contributed by atoms with Gasteiger partial charge in [-0.05, 0) is 20.4 Å². The van der Waals surface area contributed by atoms with Gasteiger partial charge in [0.1, 0.15) is 0 Å². The summed E-state index contributed by atoms with van der Waals surface area (Å²) in [5.41, 5.74) is 0. The molecule has 0 saturated carbocycles. The molecule has 118 valence electrons. The summed E-state index contributed by atoms with van der Waals surface area (Å²) in [6, 6.07) is 0. The number of nitrogens with zero attached hydrogens (tertiary/aromatic N) is 1. The first-order chi connectivity index (χ1) is 9.77. The summed E-state index contributed by atoms with van der Waals surface area (Å²) >= 11 is 0. The van der Waals surface area contributed by atoms with Gasteiger partial charge in [-0.1, -0.05) is 0 Å². The van der Waals surface area contributed by atoms with Crippen molar-refractivity contribution in [2.45, 2.75) is 33.0 Å². The lowest BCUT2D eigenvalue weighted by Crippen LogP contribution is -2.41. The van der Waals surface area contributed by atoms with E-state index in [9.17, 15) is 4.79 Å². The molecule has 0 spiro atoms. The second kappa shape index (κ2) is 11.0. The van der Waals surface area contributed by atoms with Gasteiger partial charge in [0.15, 0.2) is 6.29 Å². The lowest BCUT2D eigenvalue weighted by atomic mass is 10.3. The average Bonchev–Trinajstić information content (AvgIpc) is 2.48. The molecule has 6 nitrogen and oxygen atoms in total. The summed E-state index contributed by atoms with van der Waals surface area (Å²) in [4.78, 5) is 13.8. The minimum Gasteiger partial charge on any atom is -0.378 e. The van der Waals surface area contributed by atoms with Crippen molar-refractivity contribution in [1.29, 1.82) is 0 Å². The van der Waals surface area contributed by atoms with Crippen molar-refractivity contribution in [3.05, 3.63) is 0 Å². The second-order valence-corrected chi connectivity index (χ2v) is 4.62. The van der Waals surface area contributed by atoms with Crippen LogP contribution < -0.4 is 5.32 Å². The molecule has 1 rings (SSSR count). The molecule has 0 aromatic heterocycles. The number of ether oxygens (including phenoxy) is 3. The molecule has 0 atom stereocenters. The van der Waals surface area contributed by atoms with Crippen molar-refractivity contribution < 1.29 is 19.0 Å². The SMILES string of the molecule is CCOC(CCNCCC(=O)N1CCOCC1)OCC. The van der Waals surface area contributed by atoms with E-state index >= 15 is 0 Å². The van der Waals surface area contributed by atoms with E-state index in [2.05, 4.69) is 5.32 Å². The predicted octanol–water partition coefficient (Wildman–Crippen LogP) is 0.614. The molecule has 6 heteroatoms. The number of hydrogen-bond donors (Lipinski definition) is 1. The summed E-state index contributed by atoms with van der Waals surface area (Å²) < 4.78 is 16.1. The average molecular weight is 288 g/mol. The maximum Gasteiger partial charge on any atom is 0.224 e. The highest BCUT2D eigenvalue weighted by molar-refractivity contribution is 5.76. The summed E-state index contributed by atoms with van der Waals surface area (Å²) in [7, 11) is 0. The Kier molecular flexibility index (Phi) is 9.57. The largest absolute Gasteiger partial charge is 0.378 e. The normalized spacial score (nSPS) is 15.8. The van der Waals surface area contributed by atoms with E-state index in [1.807, 2.05) is 18.7 Å². The number of nitrogens with one attached hydrogen (secondary N) is 1. The van der Waals surface area contributed by atoms with Crippen LogP contribution in [0.1, 0.15) is 26.7 Å². The third-order valence-electron chi connectivity index (χ3n) is 3.14. The van der Waals surface area contributed by atoms with Crippen molar-refractivity contribution in [2.75, 3.05) is 52.6 Å². The molecular weight excluding hydrogens is 260 g/mol. The Labute approximate surface area is 121 Å². The Morgan fingerprint density at radius 3 is 2.45 bits per heavy atom. The third kappa shape index (κ3) is 7.19. The number of morpholine rings is 1. The van der Waals surface area contributed by atoms with Crippen LogP contribution in [0.15, 0.2) is 0 Å². The Hall–Kier alpha value is -0.690. The zero-order valence-electron chi connectivity index (χ0n) is 12.7. The van der Waals surface area contributed by atoms with E-state index in [-0.39, 0.29) is 12.2 Å². The molecule has 0 radical (unpaired) electrons. The topological polar surface area (TPSA) is 60.0 Å². The van der Waals surface area contributed by atoms with Crippen LogP contribution in [0.25, 0.3) is 0 Å². The number of amides is 1. The predicted molar refractivity (Wildman–Crippen MR) is 76.5 cm³/mol. The standard InChI is InChI=1S/C14H28N2O4/c1-3-19-14(20-4-2)6-8-15-7-5-13(17)16-9-11-18-12-10-16/h14-15H,3-12H2,1-2H3. The summed E-state index contributed by atoms with van der Waals surface area (Å²) in [6.07, 6.45) is 1.19. The monoisotopic (exact) mass is 288 g/mol. The van der Waals surface area contributed by atoms with Gasteiger partial charge in [-0.25, -0.2) is 0 Å². The van der Waals surface area contributed by atoms with Gasteiger partial charge in [-0.3, -0.25) is 4.79 Å². The van der Waals surface area contributed by atoms with Crippen LogP contribution >= 0.6 is 0 Å². The van der Waals surface area contributed by atoms with Gasteiger partial charge < -0.3 is 24.4 Å². The second-order valence-electron chi connectivity index (χ2n) is 4.62. The Bertz CT molecular complexity index is 252. The lowest BCUT2D eigenvalue weighted by Gasteiger charge is -2.26. The maximum atomic E-state index is 11.9. The molecule has 0 aromatic rings. The number of carbonyl (C=O) groups excluding carboxylic acids is 1. The van der Waals surface area contributed by atoms with Crippen LogP contribution in [0.3, 0.4) is 0 Å². The third-order valence-corrected chi connectivity index (χ3v) is 3.14. The van der Waals surface area contributed by atoms with Gasteiger partial charge in [0.05, 0.1) is 13.2 Å². The molecule has 1 saturated heterocycles. The molecule has 0 aliphatic carbocycles. The fourth-order valence-electron chi connectivity index (χ4n) is 2.10. The van der Waals surface area contributed by atoms with E-state index in [0.717, 1.165) is 26.1 Å². The quantitative estimate of drug-likeness (QED) is 0.471. The minimum atomic E-state index is -0.146. The highest BCUT2D eigenvalue weighted by Gasteiger charge is 2.16. The number of hydrogen-bond acceptors (Lipinski definition) is 5. The zero-order chi connectivity index (χ0) is 14.6. The first-order valence-electron chi connectivity index (χ1n) is 7.57. The van der Waals surface area contributed by atoms with Gasteiger partial charge >= 0.3 is 0 Å². The zero-order valence-corrected chi connectivity index (χ0v) is 12.7. The van der Waals surface area contributed by atoms with Gasteiger partial charge in [0, 0.05) is 45.7 Å². The minimum absolute atomic E-state index is 0.146. The van der Waals surface area contributed by atoms with E-state index in [1.165, 1.54) is 0 Å². The van der Waals surface area contributed by atoms with Crippen molar-refractivity contribution >= 4 is 5.91 Å². The lowest BCUT2D eigenvalue weighted by molar-refractivity contribution is -0.138. The first-order valence-corrected chi connectivity index (χ1v) is 7.57. The van der Waals surface area contributed by atoms with Gasteiger partial charge in [-0.2, -0.15) is 0 Å². The summed E-state index contributed by atoms with van der Waals surface area (Å²) in [5, 5.41) is 3.26. The van der Waals surface area contributed by atoms with Crippen LogP contribution in [0.5, 0.6) is 0 Å².